The molecule has 21 heavy (non-hydrogen) atoms. The topological polar surface area (TPSA) is 12.0 Å². The molecule has 2 heteroatoms. The smallest absolute Gasteiger partial charge is 0.123 e. The van der Waals surface area contributed by atoms with Crippen molar-refractivity contribution in [3.63, 3.8) is 0 Å². The van der Waals surface area contributed by atoms with E-state index in [1.54, 1.807) is 0 Å². The van der Waals surface area contributed by atoms with E-state index in [0.717, 1.165) is 18.4 Å². The van der Waals surface area contributed by atoms with Gasteiger partial charge in [0.05, 0.1) is 0 Å². The average Bonchev–Trinajstić information content (AvgIpc) is 2.47. The first kappa shape index (κ1) is 15.7. The lowest BCUT2D eigenvalue weighted by Crippen LogP contribution is -2.18. The maximum Gasteiger partial charge on any atom is 0.123 e. The van der Waals surface area contributed by atoms with Crippen LogP contribution < -0.4 is 5.32 Å². The zero-order valence-electron chi connectivity index (χ0n) is 13.1. The molecule has 0 aliphatic heterocycles. The van der Waals surface area contributed by atoms with Gasteiger partial charge < -0.3 is 5.32 Å². The second-order valence-corrected chi connectivity index (χ2v) is 6.01. The molecule has 2 aromatic rings. The quantitative estimate of drug-likeness (QED) is 0.822. The molecule has 0 aromatic heterocycles. The predicted molar refractivity (Wildman–Crippen MR) is 86.9 cm³/mol. The Kier molecular flexibility index (Phi) is 5.51. The second kappa shape index (κ2) is 7.37. The first-order valence-electron chi connectivity index (χ1n) is 7.59. The molecule has 0 aliphatic carbocycles. The van der Waals surface area contributed by atoms with Gasteiger partial charge in [0.2, 0.25) is 0 Å². The predicted octanol–water partition coefficient (Wildman–Crippen LogP) is 4.53. The molecule has 2 aromatic carbocycles. The summed E-state index contributed by atoms with van der Waals surface area (Å²) in [4.78, 5) is 0. The fourth-order valence-electron chi connectivity index (χ4n) is 2.60. The van der Waals surface area contributed by atoms with Crippen molar-refractivity contribution in [3.05, 3.63) is 71.0 Å². The van der Waals surface area contributed by atoms with Crippen LogP contribution in [-0.2, 0) is 12.8 Å². The average molecular weight is 285 g/mol. The molecule has 0 fully saturated rings. The minimum Gasteiger partial charge on any atom is -0.313 e. The van der Waals surface area contributed by atoms with Crippen LogP contribution in [0.1, 0.15) is 36.6 Å². The third kappa shape index (κ3) is 4.68. The van der Waals surface area contributed by atoms with E-state index in [-0.39, 0.29) is 11.9 Å². The molecule has 1 atom stereocenters. The first-order chi connectivity index (χ1) is 10.1. The van der Waals surface area contributed by atoms with Crippen LogP contribution in [-0.4, -0.2) is 7.05 Å². The number of hydrogen-bond acceptors (Lipinski definition) is 1. The van der Waals surface area contributed by atoms with Gasteiger partial charge in [0.25, 0.3) is 0 Å². The second-order valence-electron chi connectivity index (χ2n) is 6.01. The summed E-state index contributed by atoms with van der Waals surface area (Å²) in [6.45, 7) is 4.47. The van der Waals surface area contributed by atoms with E-state index in [2.05, 4.69) is 43.4 Å². The fourth-order valence-corrected chi connectivity index (χ4v) is 2.60. The van der Waals surface area contributed by atoms with Crippen LogP contribution in [0.25, 0.3) is 0 Å². The molecule has 2 rings (SSSR count). The summed E-state index contributed by atoms with van der Waals surface area (Å²) in [6, 6.07) is 15.8. The Hall–Kier alpha value is -1.67. The fraction of sp³-hybridized carbons (Fsp3) is 0.368. The van der Waals surface area contributed by atoms with E-state index in [4.69, 9.17) is 0 Å². The SMILES string of the molecule is CNC(Cc1ccc(F)cc1)c1ccc(CC(C)C)cc1. The monoisotopic (exact) mass is 285 g/mol. The van der Waals surface area contributed by atoms with Crippen molar-refractivity contribution in [2.24, 2.45) is 5.92 Å². The summed E-state index contributed by atoms with van der Waals surface area (Å²) in [5.41, 5.74) is 3.79. The molecule has 1 N–H and O–H groups in total. The van der Waals surface area contributed by atoms with Gasteiger partial charge in [-0.1, -0.05) is 50.2 Å². The molecule has 0 amide bonds. The zero-order valence-corrected chi connectivity index (χ0v) is 13.1. The van der Waals surface area contributed by atoms with Crippen LogP contribution in [0.4, 0.5) is 4.39 Å². The van der Waals surface area contributed by atoms with Crippen molar-refractivity contribution in [2.75, 3.05) is 7.05 Å². The van der Waals surface area contributed by atoms with E-state index in [9.17, 15) is 4.39 Å². The molecule has 112 valence electrons. The molecule has 0 saturated heterocycles. The van der Waals surface area contributed by atoms with Crippen LogP contribution in [0.15, 0.2) is 48.5 Å². The van der Waals surface area contributed by atoms with Crippen LogP contribution >= 0.6 is 0 Å². The lowest BCUT2D eigenvalue weighted by atomic mass is 9.96. The van der Waals surface area contributed by atoms with Gasteiger partial charge in [0.15, 0.2) is 0 Å². The van der Waals surface area contributed by atoms with Crippen LogP contribution in [0.3, 0.4) is 0 Å². The number of rotatable bonds is 6. The van der Waals surface area contributed by atoms with E-state index < -0.39 is 0 Å². The Labute approximate surface area is 127 Å². The van der Waals surface area contributed by atoms with Gasteiger partial charge in [0.1, 0.15) is 5.82 Å². The summed E-state index contributed by atoms with van der Waals surface area (Å²) in [5, 5.41) is 3.35. The molecule has 0 saturated carbocycles. The van der Waals surface area contributed by atoms with Gasteiger partial charge in [-0.05, 0) is 54.6 Å². The van der Waals surface area contributed by atoms with Crippen LogP contribution in [0.5, 0.6) is 0 Å². The molecular weight excluding hydrogens is 261 g/mol. The lowest BCUT2D eigenvalue weighted by Gasteiger charge is -2.17. The largest absolute Gasteiger partial charge is 0.313 e. The third-order valence-electron chi connectivity index (χ3n) is 3.73. The highest BCUT2D eigenvalue weighted by atomic mass is 19.1. The normalized spacial score (nSPS) is 12.6. The lowest BCUT2D eigenvalue weighted by molar-refractivity contribution is 0.588. The molecule has 0 bridgehead atoms. The maximum absolute atomic E-state index is 13.0. The Morgan fingerprint density at radius 1 is 0.857 bits per heavy atom. The van der Waals surface area contributed by atoms with Crippen molar-refractivity contribution in [1.82, 2.24) is 5.32 Å². The number of hydrogen-bond donors (Lipinski definition) is 1. The van der Waals surface area contributed by atoms with Crippen molar-refractivity contribution in [2.45, 2.75) is 32.7 Å². The van der Waals surface area contributed by atoms with Gasteiger partial charge in [-0.3, -0.25) is 0 Å². The summed E-state index contributed by atoms with van der Waals surface area (Å²) >= 11 is 0. The maximum atomic E-state index is 13.0. The molecular formula is C19H24FN. The van der Waals surface area contributed by atoms with Crippen molar-refractivity contribution in [1.29, 1.82) is 0 Å². The standard InChI is InChI=1S/C19H24FN/c1-14(2)12-15-4-8-17(9-5-15)19(21-3)13-16-6-10-18(20)11-7-16/h4-11,14,19,21H,12-13H2,1-3H3. The first-order valence-corrected chi connectivity index (χ1v) is 7.59. The highest BCUT2D eigenvalue weighted by Gasteiger charge is 2.10. The van der Waals surface area contributed by atoms with Gasteiger partial charge in [-0.25, -0.2) is 4.39 Å². The Bertz CT molecular complexity index is 543. The molecule has 0 heterocycles. The number of nitrogens with one attached hydrogen (secondary N) is 1. The number of likely N-dealkylation sites (N-methyl/N-ethyl adjacent to an activating group) is 1. The Morgan fingerprint density at radius 3 is 1.90 bits per heavy atom. The third-order valence-corrected chi connectivity index (χ3v) is 3.73. The highest BCUT2D eigenvalue weighted by Crippen LogP contribution is 2.20. The molecule has 0 aliphatic rings. The number of benzene rings is 2. The van der Waals surface area contributed by atoms with Crippen molar-refractivity contribution >= 4 is 0 Å². The van der Waals surface area contributed by atoms with Crippen molar-refractivity contribution < 1.29 is 4.39 Å². The Morgan fingerprint density at radius 2 is 1.38 bits per heavy atom. The minimum atomic E-state index is -0.183. The van der Waals surface area contributed by atoms with Crippen molar-refractivity contribution in [3.8, 4) is 0 Å². The summed E-state index contributed by atoms with van der Waals surface area (Å²) in [7, 11) is 1.97. The van der Waals surface area contributed by atoms with E-state index in [1.807, 2.05) is 19.2 Å². The molecule has 1 nitrogen and oxygen atoms in total. The molecule has 1 unspecified atom stereocenters. The zero-order chi connectivity index (χ0) is 15.2. The molecule has 0 radical (unpaired) electrons. The van der Waals surface area contributed by atoms with Gasteiger partial charge >= 0.3 is 0 Å². The summed E-state index contributed by atoms with van der Waals surface area (Å²) in [6.07, 6.45) is 1.97. The van der Waals surface area contributed by atoms with E-state index >= 15 is 0 Å². The summed E-state index contributed by atoms with van der Waals surface area (Å²) < 4.78 is 13.0. The molecule has 0 spiro atoms. The van der Waals surface area contributed by atoms with Gasteiger partial charge in [0, 0.05) is 6.04 Å². The van der Waals surface area contributed by atoms with Crippen LogP contribution in [0, 0.1) is 11.7 Å². The Balaban J connectivity index is 2.08. The highest BCUT2D eigenvalue weighted by molar-refractivity contribution is 5.27. The van der Waals surface area contributed by atoms with E-state index in [0.29, 0.717) is 5.92 Å². The van der Waals surface area contributed by atoms with E-state index in [1.165, 1.54) is 23.3 Å². The minimum absolute atomic E-state index is 0.183. The summed E-state index contributed by atoms with van der Waals surface area (Å²) in [5.74, 6) is 0.493. The van der Waals surface area contributed by atoms with Gasteiger partial charge in [-0.15, -0.1) is 0 Å². The number of halogens is 1. The van der Waals surface area contributed by atoms with Crippen LogP contribution in [0.2, 0.25) is 0 Å². The van der Waals surface area contributed by atoms with Gasteiger partial charge in [-0.2, -0.15) is 0 Å².